The lowest BCUT2D eigenvalue weighted by Crippen LogP contribution is -2.50. The summed E-state index contributed by atoms with van der Waals surface area (Å²) in [6.45, 7) is 24.6. The number of methoxy groups -OCH3 is 1. The summed E-state index contributed by atoms with van der Waals surface area (Å²) in [5.74, 6) is 0.112. The number of likely N-dealkylation sites (tertiary alicyclic amines) is 1. The number of carbonyl (C=O) groups is 1. The van der Waals surface area contributed by atoms with E-state index in [0.717, 1.165) is 38.1 Å². The largest absolute Gasteiger partial charge is 0.497 e. The lowest BCUT2D eigenvalue weighted by molar-refractivity contribution is -0.292. The third kappa shape index (κ3) is 9.43. The van der Waals surface area contributed by atoms with Crippen molar-refractivity contribution >= 4 is 14.0 Å². The molecule has 0 spiro atoms. The SMILES string of the molecule is COc1ccc(CN2CC[C@@H]([C@@H](C)C(=O)OC(C)(C)C)/C(=C/[Si](C)(C)C)[C@H]2CCC2(C)OCC(C)(C)CO2)cc1. The summed E-state index contributed by atoms with van der Waals surface area (Å²) in [7, 11) is 0.0847. The van der Waals surface area contributed by atoms with Crippen molar-refractivity contribution < 1.29 is 23.7 Å². The molecule has 6 nitrogen and oxygen atoms in total. The Kier molecular flexibility index (Phi) is 10.4. The summed E-state index contributed by atoms with van der Waals surface area (Å²) in [6.07, 6.45) is 2.63. The van der Waals surface area contributed by atoms with E-state index in [0.29, 0.717) is 13.2 Å². The van der Waals surface area contributed by atoms with Gasteiger partial charge in [-0.05, 0) is 70.7 Å². The summed E-state index contributed by atoms with van der Waals surface area (Å²) < 4.78 is 23.9. The van der Waals surface area contributed by atoms with Crippen LogP contribution < -0.4 is 4.74 Å². The maximum atomic E-state index is 13.3. The minimum absolute atomic E-state index is 0.0294. The smallest absolute Gasteiger partial charge is 0.309 e. The van der Waals surface area contributed by atoms with Crippen molar-refractivity contribution in [1.29, 1.82) is 0 Å². The Hall–Kier alpha value is -1.67. The Bertz CT molecular complexity index is 1010. The molecule has 0 aliphatic carbocycles. The van der Waals surface area contributed by atoms with Gasteiger partial charge < -0.3 is 18.9 Å². The second-order valence-corrected chi connectivity index (χ2v) is 20.0. The third-order valence-corrected chi connectivity index (χ3v) is 9.12. The molecule has 2 aliphatic heterocycles. The Balaban J connectivity index is 1.94. The molecular weight excluding hydrogens is 518 g/mol. The number of hydrogen-bond acceptors (Lipinski definition) is 6. The normalized spacial score (nSPS) is 25.4. The molecule has 0 radical (unpaired) electrons. The highest BCUT2D eigenvalue weighted by Crippen LogP contribution is 2.41. The van der Waals surface area contributed by atoms with Gasteiger partial charge in [0.15, 0.2) is 5.79 Å². The monoisotopic (exact) mass is 573 g/mol. The molecule has 1 aromatic carbocycles. The second kappa shape index (κ2) is 12.7. The zero-order valence-electron chi connectivity index (χ0n) is 27.1. The van der Waals surface area contributed by atoms with Crippen LogP contribution in [0.2, 0.25) is 19.6 Å². The van der Waals surface area contributed by atoms with Gasteiger partial charge in [0.05, 0.1) is 34.3 Å². The Labute approximate surface area is 244 Å². The highest BCUT2D eigenvalue weighted by molar-refractivity contribution is 6.81. The van der Waals surface area contributed by atoms with Gasteiger partial charge in [-0.1, -0.05) is 63.8 Å². The minimum atomic E-state index is -1.62. The van der Waals surface area contributed by atoms with Gasteiger partial charge >= 0.3 is 5.97 Å². The van der Waals surface area contributed by atoms with E-state index in [9.17, 15) is 4.79 Å². The summed E-state index contributed by atoms with van der Waals surface area (Å²) in [4.78, 5) is 15.9. The van der Waals surface area contributed by atoms with E-state index in [1.54, 1.807) is 7.11 Å². The topological polar surface area (TPSA) is 57.2 Å². The van der Waals surface area contributed by atoms with E-state index in [4.69, 9.17) is 18.9 Å². The predicted octanol–water partition coefficient (Wildman–Crippen LogP) is 7.24. The first-order chi connectivity index (χ1) is 18.4. The predicted molar refractivity (Wildman–Crippen MR) is 165 cm³/mol. The van der Waals surface area contributed by atoms with Crippen LogP contribution >= 0.6 is 0 Å². The molecule has 3 atom stereocenters. The number of hydrogen-bond donors (Lipinski definition) is 0. The third-order valence-electron chi connectivity index (χ3n) is 7.92. The fourth-order valence-corrected chi connectivity index (χ4v) is 7.12. The number of rotatable bonds is 9. The Morgan fingerprint density at radius 2 is 1.73 bits per heavy atom. The molecule has 2 heterocycles. The molecular formula is C33H55NO5Si. The summed E-state index contributed by atoms with van der Waals surface area (Å²) in [6, 6.07) is 8.57. The van der Waals surface area contributed by atoms with Crippen LogP contribution in [0, 0.1) is 17.3 Å². The maximum absolute atomic E-state index is 13.3. The number of ether oxygens (including phenoxy) is 4. The van der Waals surface area contributed by atoms with Crippen LogP contribution in [-0.4, -0.2) is 63.2 Å². The Morgan fingerprint density at radius 1 is 1.12 bits per heavy atom. The van der Waals surface area contributed by atoms with Crippen LogP contribution in [0.5, 0.6) is 5.75 Å². The number of esters is 1. The molecule has 3 rings (SSSR count). The van der Waals surface area contributed by atoms with E-state index in [1.807, 2.05) is 32.9 Å². The fourth-order valence-electron chi connectivity index (χ4n) is 5.71. The molecule has 2 fully saturated rings. The van der Waals surface area contributed by atoms with Gasteiger partial charge in [-0.3, -0.25) is 9.69 Å². The summed E-state index contributed by atoms with van der Waals surface area (Å²) in [5, 5.41) is 0. The second-order valence-electron chi connectivity index (χ2n) is 15.0. The average Bonchev–Trinajstić information content (AvgIpc) is 2.84. The molecule has 0 unspecified atom stereocenters. The molecule has 1 aromatic rings. The van der Waals surface area contributed by atoms with Crippen molar-refractivity contribution in [3.63, 3.8) is 0 Å². The van der Waals surface area contributed by atoms with Gasteiger partial charge in [-0.15, -0.1) is 0 Å². The van der Waals surface area contributed by atoms with Crippen LogP contribution in [-0.2, 0) is 25.5 Å². The molecule has 40 heavy (non-hydrogen) atoms. The van der Waals surface area contributed by atoms with Crippen LogP contribution in [0.25, 0.3) is 0 Å². The molecule has 226 valence electrons. The fraction of sp³-hybridized carbons (Fsp3) is 0.727. The van der Waals surface area contributed by atoms with Crippen LogP contribution in [0.3, 0.4) is 0 Å². The highest BCUT2D eigenvalue weighted by Gasteiger charge is 2.42. The van der Waals surface area contributed by atoms with Crippen molar-refractivity contribution in [2.24, 2.45) is 17.3 Å². The van der Waals surface area contributed by atoms with Gasteiger partial charge in [-0.2, -0.15) is 0 Å². The molecule has 0 aromatic heterocycles. The number of nitrogens with zero attached hydrogens (tertiary/aromatic N) is 1. The van der Waals surface area contributed by atoms with Crippen LogP contribution in [0.1, 0.15) is 73.3 Å². The molecule has 0 saturated carbocycles. The standard InChI is InChI=1S/C33H55NO5Si/c1-24(30(35)39-31(2,3)4)27-17-19-34(20-25-12-14-26(36-8)15-13-25)29(28(27)21-40(9,10)11)16-18-33(7)37-22-32(5,6)23-38-33/h12-15,21,24,27,29H,16-20,22-23H2,1-11H3/b28-21-/t24-,27+,29-/m1/s1. The van der Waals surface area contributed by atoms with E-state index in [-0.39, 0.29) is 29.3 Å². The van der Waals surface area contributed by atoms with Crippen LogP contribution in [0.4, 0.5) is 0 Å². The van der Waals surface area contributed by atoms with E-state index < -0.39 is 19.5 Å². The van der Waals surface area contributed by atoms with Gasteiger partial charge in [-0.25, -0.2) is 0 Å². The van der Waals surface area contributed by atoms with E-state index >= 15 is 0 Å². The van der Waals surface area contributed by atoms with Crippen molar-refractivity contribution in [3.05, 3.63) is 41.1 Å². The van der Waals surface area contributed by atoms with Crippen LogP contribution in [0.15, 0.2) is 35.5 Å². The van der Waals surface area contributed by atoms with Crippen molar-refractivity contribution in [2.45, 2.75) is 111 Å². The van der Waals surface area contributed by atoms with E-state index in [1.165, 1.54) is 11.1 Å². The highest BCUT2D eigenvalue weighted by atomic mass is 28.3. The quantitative estimate of drug-likeness (QED) is 0.229. The van der Waals surface area contributed by atoms with Gasteiger partial charge in [0.25, 0.3) is 0 Å². The molecule has 0 N–H and O–H groups in total. The van der Waals surface area contributed by atoms with Gasteiger partial charge in [0, 0.05) is 24.4 Å². The van der Waals surface area contributed by atoms with E-state index in [2.05, 4.69) is 70.1 Å². The molecule has 0 amide bonds. The zero-order chi connectivity index (χ0) is 29.9. The molecule has 0 bridgehead atoms. The lowest BCUT2D eigenvalue weighted by Gasteiger charge is -2.46. The number of piperidine rings is 1. The first-order valence-corrected chi connectivity index (χ1v) is 18.6. The number of benzene rings is 1. The average molecular weight is 574 g/mol. The van der Waals surface area contributed by atoms with Crippen molar-refractivity contribution in [1.82, 2.24) is 4.90 Å². The zero-order valence-corrected chi connectivity index (χ0v) is 28.1. The maximum Gasteiger partial charge on any atom is 0.309 e. The molecule has 2 aliphatic rings. The first kappa shape index (κ1) is 32.8. The summed E-state index contributed by atoms with van der Waals surface area (Å²) in [5.41, 5.74) is 4.74. The Morgan fingerprint density at radius 3 is 2.25 bits per heavy atom. The number of carbonyl (C=O) groups excluding carboxylic acids is 1. The molecule has 7 heteroatoms. The van der Waals surface area contributed by atoms with Gasteiger partial charge in [0.2, 0.25) is 0 Å². The lowest BCUT2D eigenvalue weighted by atomic mass is 9.76. The van der Waals surface area contributed by atoms with Crippen molar-refractivity contribution in [3.8, 4) is 5.75 Å². The van der Waals surface area contributed by atoms with Crippen molar-refractivity contribution in [2.75, 3.05) is 26.9 Å². The molecule has 2 saturated heterocycles. The summed E-state index contributed by atoms with van der Waals surface area (Å²) >= 11 is 0. The van der Waals surface area contributed by atoms with Gasteiger partial charge in [0.1, 0.15) is 11.4 Å². The first-order valence-electron chi connectivity index (χ1n) is 15.0. The minimum Gasteiger partial charge on any atom is -0.497 e.